The summed E-state index contributed by atoms with van der Waals surface area (Å²) in [6.45, 7) is 0.583. The van der Waals surface area contributed by atoms with Gasteiger partial charge in [-0.1, -0.05) is 23.7 Å². The molecule has 1 aliphatic heterocycles. The summed E-state index contributed by atoms with van der Waals surface area (Å²) in [7, 11) is -3.33. The molecule has 4 nitrogen and oxygen atoms in total. The first-order valence-corrected chi connectivity index (χ1v) is 8.92. The standard InChI is InChI=1S/C15H17ClN2O2S/c16-13-7-5-12(6-8-13)11-21(19,20)18-10-2-4-15(18)14-3-1-9-17-14/h1,3,5-9,15,17H,2,4,10-11H2. The molecule has 1 N–H and O–H groups in total. The van der Waals surface area contributed by atoms with E-state index in [0.29, 0.717) is 11.6 Å². The van der Waals surface area contributed by atoms with Crippen LogP contribution in [0.2, 0.25) is 5.02 Å². The van der Waals surface area contributed by atoms with Gasteiger partial charge in [-0.3, -0.25) is 0 Å². The average molecular weight is 325 g/mol. The molecule has 0 saturated carbocycles. The number of halogens is 1. The van der Waals surface area contributed by atoms with E-state index in [1.165, 1.54) is 0 Å². The summed E-state index contributed by atoms with van der Waals surface area (Å²) in [4.78, 5) is 3.13. The van der Waals surface area contributed by atoms with Gasteiger partial charge in [-0.15, -0.1) is 0 Å². The second-order valence-electron chi connectivity index (χ2n) is 5.28. The summed E-state index contributed by atoms with van der Waals surface area (Å²) >= 11 is 5.84. The van der Waals surface area contributed by atoms with Crippen LogP contribution in [-0.4, -0.2) is 24.3 Å². The summed E-state index contributed by atoms with van der Waals surface area (Å²) in [6, 6.07) is 10.7. The van der Waals surface area contributed by atoms with Gasteiger partial charge in [-0.05, 0) is 42.7 Å². The van der Waals surface area contributed by atoms with Gasteiger partial charge >= 0.3 is 0 Å². The molecule has 6 heteroatoms. The molecule has 0 amide bonds. The normalized spacial score (nSPS) is 20.0. The molecule has 0 bridgehead atoms. The van der Waals surface area contributed by atoms with E-state index < -0.39 is 10.0 Å². The molecular formula is C15H17ClN2O2S. The average Bonchev–Trinajstić information content (AvgIpc) is 3.11. The van der Waals surface area contributed by atoms with Crippen LogP contribution in [0.5, 0.6) is 0 Å². The molecule has 21 heavy (non-hydrogen) atoms. The van der Waals surface area contributed by atoms with Crippen molar-refractivity contribution in [2.75, 3.05) is 6.54 Å². The van der Waals surface area contributed by atoms with E-state index in [2.05, 4.69) is 4.98 Å². The minimum atomic E-state index is -3.33. The molecule has 1 saturated heterocycles. The van der Waals surface area contributed by atoms with Crippen molar-refractivity contribution in [1.82, 2.24) is 9.29 Å². The van der Waals surface area contributed by atoms with Crippen LogP contribution in [0.3, 0.4) is 0 Å². The fourth-order valence-electron chi connectivity index (χ4n) is 2.81. The largest absolute Gasteiger partial charge is 0.364 e. The van der Waals surface area contributed by atoms with Gasteiger partial charge in [0.25, 0.3) is 0 Å². The lowest BCUT2D eigenvalue weighted by atomic mass is 10.2. The zero-order valence-electron chi connectivity index (χ0n) is 11.5. The van der Waals surface area contributed by atoms with Crippen molar-refractivity contribution < 1.29 is 8.42 Å². The van der Waals surface area contributed by atoms with Crippen LogP contribution < -0.4 is 0 Å². The molecule has 1 aromatic carbocycles. The molecule has 1 fully saturated rings. The molecular weight excluding hydrogens is 308 g/mol. The highest BCUT2D eigenvalue weighted by atomic mass is 35.5. The van der Waals surface area contributed by atoms with Crippen LogP contribution in [0.4, 0.5) is 0 Å². The van der Waals surface area contributed by atoms with E-state index in [-0.39, 0.29) is 11.8 Å². The first-order valence-electron chi connectivity index (χ1n) is 6.93. The van der Waals surface area contributed by atoms with Gasteiger partial charge in [0.15, 0.2) is 0 Å². The van der Waals surface area contributed by atoms with Gasteiger partial charge in [0.1, 0.15) is 0 Å². The van der Waals surface area contributed by atoms with Crippen molar-refractivity contribution in [3.05, 3.63) is 58.9 Å². The zero-order chi connectivity index (χ0) is 14.9. The lowest BCUT2D eigenvalue weighted by Crippen LogP contribution is -2.31. The SMILES string of the molecule is O=S(=O)(Cc1ccc(Cl)cc1)N1CCCC1c1ccc[nH]1. The summed E-state index contributed by atoms with van der Waals surface area (Å²) in [5.74, 6) is 0.0153. The number of sulfonamides is 1. The fourth-order valence-corrected chi connectivity index (χ4v) is 4.73. The van der Waals surface area contributed by atoms with Gasteiger partial charge in [0.2, 0.25) is 10.0 Å². The highest BCUT2D eigenvalue weighted by Gasteiger charge is 2.35. The third kappa shape index (κ3) is 3.15. The number of hydrogen-bond donors (Lipinski definition) is 1. The topological polar surface area (TPSA) is 53.2 Å². The molecule has 1 aliphatic rings. The summed E-state index contributed by atoms with van der Waals surface area (Å²) in [5, 5.41) is 0.613. The molecule has 0 aliphatic carbocycles. The summed E-state index contributed by atoms with van der Waals surface area (Å²) in [5.41, 5.74) is 1.73. The molecule has 0 radical (unpaired) electrons. The van der Waals surface area contributed by atoms with Crippen LogP contribution >= 0.6 is 11.6 Å². The van der Waals surface area contributed by atoms with Crippen LogP contribution in [0.25, 0.3) is 0 Å². The van der Waals surface area contributed by atoms with Gasteiger partial charge in [0, 0.05) is 23.5 Å². The van der Waals surface area contributed by atoms with Gasteiger partial charge in [-0.2, -0.15) is 4.31 Å². The highest BCUT2D eigenvalue weighted by molar-refractivity contribution is 7.88. The predicted molar refractivity (Wildman–Crippen MR) is 83.5 cm³/mol. The second kappa shape index (κ2) is 5.83. The number of H-pyrrole nitrogens is 1. The number of aromatic amines is 1. The first-order chi connectivity index (χ1) is 10.1. The monoisotopic (exact) mass is 324 g/mol. The molecule has 1 unspecified atom stereocenters. The number of nitrogens with zero attached hydrogens (tertiary/aromatic N) is 1. The Kier molecular flexibility index (Phi) is 4.06. The maximum Gasteiger partial charge on any atom is 0.218 e. The lowest BCUT2D eigenvalue weighted by molar-refractivity contribution is 0.391. The molecule has 0 spiro atoms. The molecule has 1 aromatic heterocycles. The Hall–Kier alpha value is -1.30. The van der Waals surface area contributed by atoms with E-state index in [4.69, 9.17) is 11.6 Å². The quantitative estimate of drug-likeness (QED) is 0.937. The van der Waals surface area contributed by atoms with E-state index in [9.17, 15) is 8.42 Å². The Morgan fingerprint density at radius 2 is 2.00 bits per heavy atom. The molecule has 112 valence electrons. The Morgan fingerprint density at radius 3 is 2.67 bits per heavy atom. The molecule has 2 aromatic rings. The maximum absolute atomic E-state index is 12.7. The van der Waals surface area contributed by atoms with Crippen molar-refractivity contribution in [2.45, 2.75) is 24.6 Å². The van der Waals surface area contributed by atoms with Gasteiger partial charge in [0.05, 0.1) is 11.8 Å². The van der Waals surface area contributed by atoms with Crippen molar-refractivity contribution in [2.24, 2.45) is 0 Å². The highest BCUT2D eigenvalue weighted by Crippen LogP contribution is 2.34. The maximum atomic E-state index is 12.7. The van der Waals surface area contributed by atoms with E-state index in [1.807, 2.05) is 18.3 Å². The zero-order valence-corrected chi connectivity index (χ0v) is 13.1. The summed E-state index contributed by atoms with van der Waals surface area (Å²) < 4.78 is 27.0. The van der Waals surface area contributed by atoms with E-state index in [0.717, 1.165) is 24.1 Å². The third-order valence-corrected chi connectivity index (χ3v) is 5.91. The van der Waals surface area contributed by atoms with Crippen LogP contribution in [0, 0.1) is 0 Å². The molecule has 1 atom stereocenters. The summed E-state index contributed by atoms with van der Waals surface area (Å²) in [6.07, 6.45) is 3.58. The van der Waals surface area contributed by atoms with E-state index >= 15 is 0 Å². The number of benzene rings is 1. The number of nitrogens with one attached hydrogen (secondary N) is 1. The number of rotatable bonds is 4. The Balaban J connectivity index is 1.82. The van der Waals surface area contributed by atoms with Crippen molar-refractivity contribution in [3.63, 3.8) is 0 Å². The van der Waals surface area contributed by atoms with Gasteiger partial charge in [-0.25, -0.2) is 8.42 Å². The van der Waals surface area contributed by atoms with Gasteiger partial charge < -0.3 is 4.98 Å². The number of hydrogen-bond acceptors (Lipinski definition) is 2. The van der Waals surface area contributed by atoms with Crippen molar-refractivity contribution in [3.8, 4) is 0 Å². The molecule has 2 heterocycles. The van der Waals surface area contributed by atoms with Crippen LogP contribution in [0.15, 0.2) is 42.6 Å². The Labute approximate surface area is 129 Å². The van der Waals surface area contributed by atoms with E-state index in [1.54, 1.807) is 28.6 Å². The first kappa shape index (κ1) is 14.6. The van der Waals surface area contributed by atoms with Crippen LogP contribution in [0.1, 0.15) is 30.1 Å². The van der Waals surface area contributed by atoms with Crippen LogP contribution in [-0.2, 0) is 15.8 Å². The second-order valence-corrected chi connectivity index (χ2v) is 7.63. The Bertz CT molecular complexity index is 696. The minimum Gasteiger partial charge on any atom is -0.364 e. The smallest absolute Gasteiger partial charge is 0.218 e. The number of aromatic nitrogens is 1. The fraction of sp³-hybridized carbons (Fsp3) is 0.333. The molecule has 3 rings (SSSR count). The Morgan fingerprint density at radius 1 is 1.24 bits per heavy atom. The lowest BCUT2D eigenvalue weighted by Gasteiger charge is -2.23. The minimum absolute atomic E-state index is 0.0153. The predicted octanol–water partition coefficient (Wildman–Crippen LogP) is 3.34. The third-order valence-electron chi connectivity index (χ3n) is 3.80. The van der Waals surface area contributed by atoms with Crippen molar-refractivity contribution in [1.29, 1.82) is 0 Å². The van der Waals surface area contributed by atoms with Crippen molar-refractivity contribution >= 4 is 21.6 Å².